The number of piperidine rings is 1. The van der Waals surface area contributed by atoms with Crippen LogP contribution in [0.15, 0.2) is 17.5 Å². The molecule has 3 amide bonds. The molecule has 2 heterocycles. The molecule has 0 bridgehead atoms. The first kappa shape index (κ1) is 20.3. The quantitative estimate of drug-likeness (QED) is 0.677. The van der Waals surface area contributed by atoms with Gasteiger partial charge >= 0.3 is 5.97 Å². The van der Waals surface area contributed by atoms with Gasteiger partial charge in [-0.05, 0) is 37.1 Å². The summed E-state index contributed by atoms with van der Waals surface area (Å²) in [6, 6.07) is 3.87. The van der Waals surface area contributed by atoms with E-state index >= 15 is 0 Å². The Kier molecular flexibility index (Phi) is 6.66. The second-order valence-corrected chi connectivity index (χ2v) is 8.19. The summed E-state index contributed by atoms with van der Waals surface area (Å²) in [6.07, 6.45) is 3.01. The lowest BCUT2D eigenvalue weighted by molar-refractivity contribution is -0.156. The van der Waals surface area contributed by atoms with Gasteiger partial charge in [-0.2, -0.15) is 0 Å². The number of thiophene rings is 1. The zero-order valence-electron chi connectivity index (χ0n) is 15.9. The van der Waals surface area contributed by atoms with Crippen LogP contribution in [0.1, 0.15) is 35.4 Å². The summed E-state index contributed by atoms with van der Waals surface area (Å²) in [5, 5.41) is 4.67. The van der Waals surface area contributed by atoms with Crippen molar-refractivity contribution in [1.29, 1.82) is 0 Å². The van der Waals surface area contributed by atoms with Gasteiger partial charge in [0.05, 0.1) is 17.3 Å². The summed E-state index contributed by atoms with van der Waals surface area (Å²) in [5.41, 5.74) is 0. The monoisotopic (exact) mass is 407 g/mol. The number of hydrogen-bond donors (Lipinski definition) is 1. The molecule has 152 valence electrons. The van der Waals surface area contributed by atoms with Crippen molar-refractivity contribution in [3.05, 3.63) is 22.4 Å². The average Bonchev–Trinajstić information content (AvgIpc) is 3.32. The Hall–Kier alpha value is -2.42. The summed E-state index contributed by atoms with van der Waals surface area (Å²) in [7, 11) is 1.51. The summed E-state index contributed by atoms with van der Waals surface area (Å²) < 4.78 is 5.14. The van der Waals surface area contributed by atoms with Crippen molar-refractivity contribution in [2.45, 2.75) is 31.7 Å². The molecule has 0 radical (unpaired) electrons. The summed E-state index contributed by atoms with van der Waals surface area (Å²) in [6.45, 7) is 0.563. The van der Waals surface area contributed by atoms with Gasteiger partial charge in [0.25, 0.3) is 11.8 Å². The zero-order chi connectivity index (χ0) is 20.1. The third kappa shape index (κ3) is 5.54. The molecule has 2 aliphatic rings. The van der Waals surface area contributed by atoms with Gasteiger partial charge in [-0.25, -0.2) is 0 Å². The molecule has 28 heavy (non-hydrogen) atoms. The first-order valence-corrected chi connectivity index (χ1v) is 10.3. The molecule has 8 nitrogen and oxygen atoms in total. The molecule has 1 saturated carbocycles. The minimum atomic E-state index is -0.424. The molecule has 1 aromatic rings. The number of nitrogens with one attached hydrogen (secondary N) is 1. The first-order valence-electron chi connectivity index (χ1n) is 9.47. The van der Waals surface area contributed by atoms with Crippen LogP contribution in [-0.2, 0) is 19.1 Å². The van der Waals surface area contributed by atoms with Crippen LogP contribution in [0.4, 0.5) is 0 Å². The largest absolute Gasteiger partial charge is 0.455 e. The van der Waals surface area contributed by atoms with Crippen LogP contribution >= 0.6 is 11.3 Å². The standard InChI is InChI=1S/C19H25N3O5S/c1-21(11-16(23)20-14-4-5-14)17(24)12-27-19(26)13-6-8-22(9-7-13)18(25)15-3-2-10-28-15/h2-3,10,13-14H,4-9,11-12H2,1H3,(H,20,23). The molecule has 1 aromatic heterocycles. The van der Waals surface area contributed by atoms with Crippen LogP contribution in [0.5, 0.6) is 0 Å². The molecule has 0 spiro atoms. The smallest absolute Gasteiger partial charge is 0.309 e. The molecule has 0 atom stereocenters. The van der Waals surface area contributed by atoms with Crippen molar-refractivity contribution in [1.82, 2.24) is 15.1 Å². The van der Waals surface area contributed by atoms with Gasteiger partial charge < -0.3 is 19.9 Å². The van der Waals surface area contributed by atoms with Crippen molar-refractivity contribution < 1.29 is 23.9 Å². The molecule has 0 unspecified atom stereocenters. The van der Waals surface area contributed by atoms with Crippen molar-refractivity contribution >= 4 is 35.0 Å². The van der Waals surface area contributed by atoms with Gasteiger partial charge in [0.2, 0.25) is 5.91 Å². The summed E-state index contributed by atoms with van der Waals surface area (Å²) >= 11 is 1.40. The fraction of sp³-hybridized carbons (Fsp3) is 0.579. The molecule has 2 fully saturated rings. The Morgan fingerprint density at radius 3 is 2.54 bits per heavy atom. The maximum atomic E-state index is 12.3. The first-order chi connectivity index (χ1) is 13.4. The van der Waals surface area contributed by atoms with Gasteiger partial charge in [-0.3, -0.25) is 19.2 Å². The SMILES string of the molecule is CN(CC(=O)NC1CC1)C(=O)COC(=O)C1CCN(C(=O)c2cccs2)CC1. The van der Waals surface area contributed by atoms with E-state index in [1.165, 1.54) is 23.3 Å². The highest BCUT2D eigenvalue weighted by Crippen LogP contribution is 2.22. The molecular formula is C19H25N3O5S. The number of likely N-dealkylation sites (N-methyl/N-ethyl adjacent to an activating group) is 1. The molecule has 9 heteroatoms. The highest BCUT2D eigenvalue weighted by molar-refractivity contribution is 7.12. The van der Waals surface area contributed by atoms with E-state index in [2.05, 4.69) is 5.32 Å². The number of amides is 3. The Bertz CT molecular complexity index is 724. The van der Waals surface area contributed by atoms with E-state index in [9.17, 15) is 19.2 Å². The Labute approximate surface area is 167 Å². The molecule has 3 rings (SSSR count). The van der Waals surface area contributed by atoms with Gasteiger partial charge in [0, 0.05) is 26.2 Å². The second-order valence-electron chi connectivity index (χ2n) is 7.24. The van der Waals surface area contributed by atoms with E-state index < -0.39 is 11.9 Å². The van der Waals surface area contributed by atoms with E-state index in [0.29, 0.717) is 30.8 Å². The number of ether oxygens (including phenoxy) is 1. The lowest BCUT2D eigenvalue weighted by atomic mass is 9.97. The number of likely N-dealkylation sites (tertiary alicyclic amines) is 1. The predicted octanol–water partition coefficient (Wildman–Crippen LogP) is 0.881. The third-order valence-corrected chi connectivity index (χ3v) is 5.79. The minimum absolute atomic E-state index is 0.0110. The van der Waals surface area contributed by atoms with Crippen LogP contribution < -0.4 is 5.32 Å². The normalized spacial score (nSPS) is 17.1. The van der Waals surface area contributed by atoms with Gasteiger partial charge in [0.1, 0.15) is 0 Å². The highest BCUT2D eigenvalue weighted by Gasteiger charge is 2.30. The maximum Gasteiger partial charge on any atom is 0.309 e. The summed E-state index contributed by atoms with van der Waals surface area (Å²) in [4.78, 5) is 52.0. The third-order valence-electron chi connectivity index (χ3n) is 4.93. The topological polar surface area (TPSA) is 96.0 Å². The highest BCUT2D eigenvalue weighted by atomic mass is 32.1. The molecule has 1 aliphatic carbocycles. The van der Waals surface area contributed by atoms with Crippen LogP contribution in [0.3, 0.4) is 0 Å². The van der Waals surface area contributed by atoms with E-state index in [0.717, 1.165) is 12.8 Å². The number of hydrogen-bond acceptors (Lipinski definition) is 6. The van der Waals surface area contributed by atoms with Crippen molar-refractivity contribution in [3.8, 4) is 0 Å². The number of rotatable bonds is 7. The van der Waals surface area contributed by atoms with Gasteiger partial charge in [-0.15, -0.1) is 11.3 Å². The average molecular weight is 407 g/mol. The van der Waals surface area contributed by atoms with E-state index in [1.54, 1.807) is 11.0 Å². The molecular weight excluding hydrogens is 382 g/mol. The Balaban J connectivity index is 1.36. The van der Waals surface area contributed by atoms with E-state index in [-0.39, 0.29) is 36.9 Å². The zero-order valence-corrected chi connectivity index (χ0v) is 16.7. The van der Waals surface area contributed by atoms with Crippen molar-refractivity contribution in [2.75, 3.05) is 33.3 Å². The molecule has 0 aromatic carbocycles. The fourth-order valence-electron chi connectivity index (χ4n) is 3.04. The van der Waals surface area contributed by atoms with Crippen LogP contribution in [-0.4, -0.2) is 72.8 Å². The van der Waals surface area contributed by atoms with Crippen LogP contribution in [0, 0.1) is 5.92 Å². The Morgan fingerprint density at radius 2 is 1.93 bits per heavy atom. The van der Waals surface area contributed by atoms with E-state index in [4.69, 9.17) is 4.74 Å². The summed E-state index contributed by atoms with van der Waals surface area (Å²) in [5.74, 6) is -1.36. The number of esters is 1. The lowest BCUT2D eigenvalue weighted by Crippen LogP contribution is -2.42. The predicted molar refractivity (Wildman–Crippen MR) is 103 cm³/mol. The Morgan fingerprint density at radius 1 is 1.21 bits per heavy atom. The van der Waals surface area contributed by atoms with Crippen molar-refractivity contribution in [2.24, 2.45) is 5.92 Å². The van der Waals surface area contributed by atoms with Gasteiger partial charge in [-0.1, -0.05) is 6.07 Å². The van der Waals surface area contributed by atoms with Crippen molar-refractivity contribution in [3.63, 3.8) is 0 Å². The lowest BCUT2D eigenvalue weighted by Gasteiger charge is -2.30. The molecule has 1 aliphatic heterocycles. The number of carbonyl (C=O) groups is 4. The minimum Gasteiger partial charge on any atom is -0.455 e. The molecule has 1 saturated heterocycles. The van der Waals surface area contributed by atoms with E-state index in [1.807, 2.05) is 11.4 Å². The van der Waals surface area contributed by atoms with Crippen LogP contribution in [0.25, 0.3) is 0 Å². The van der Waals surface area contributed by atoms with Crippen LogP contribution in [0.2, 0.25) is 0 Å². The second kappa shape index (κ2) is 9.18. The van der Waals surface area contributed by atoms with Gasteiger partial charge in [0.15, 0.2) is 6.61 Å². The number of carbonyl (C=O) groups excluding carboxylic acids is 4. The number of nitrogens with zero attached hydrogens (tertiary/aromatic N) is 2. The fourth-order valence-corrected chi connectivity index (χ4v) is 3.73. The molecule has 1 N–H and O–H groups in total. The maximum absolute atomic E-state index is 12.3.